The van der Waals surface area contributed by atoms with E-state index in [0.717, 1.165) is 0 Å². The van der Waals surface area contributed by atoms with Crippen LogP contribution in [0, 0.1) is 5.92 Å². The quantitative estimate of drug-likeness (QED) is 0.503. The molecule has 2 unspecified atom stereocenters. The van der Waals surface area contributed by atoms with Crippen LogP contribution in [-0.4, -0.2) is 63.9 Å². The van der Waals surface area contributed by atoms with Crippen molar-refractivity contribution in [1.29, 1.82) is 0 Å². The highest BCUT2D eigenvalue weighted by atomic mass is 32.3. The minimum atomic E-state index is -4.42. The molecule has 0 amide bonds. The number of hydrogen-bond donors (Lipinski definition) is 0. The molecular formula is C9H16O12S3. The molecule has 0 spiro atoms. The summed E-state index contributed by atoms with van der Waals surface area (Å²) in [6, 6.07) is 0. The average molecular weight is 412 g/mol. The van der Waals surface area contributed by atoms with Gasteiger partial charge < -0.3 is 0 Å². The van der Waals surface area contributed by atoms with Crippen molar-refractivity contribution in [2.45, 2.75) is 25.6 Å². The van der Waals surface area contributed by atoms with Crippen LogP contribution in [0.5, 0.6) is 0 Å². The summed E-state index contributed by atoms with van der Waals surface area (Å²) in [7, 11) is -12.8. The van der Waals surface area contributed by atoms with Gasteiger partial charge in [-0.3, -0.25) is 0 Å². The van der Waals surface area contributed by atoms with Crippen LogP contribution < -0.4 is 0 Å². The summed E-state index contributed by atoms with van der Waals surface area (Å²) in [5, 5.41) is 0. The maximum Gasteiger partial charge on any atom is 0.400 e. The second-order valence-electron chi connectivity index (χ2n) is 4.83. The van der Waals surface area contributed by atoms with E-state index in [0.29, 0.717) is 0 Å². The highest BCUT2D eigenvalue weighted by Gasteiger charge is 2.41. The van der Waals surface area contributed by atoms with E-state index >= 15 is 0 Å². The van der Waals surface area contributed by atoms with Gasteiger partial charge in [-0.15, -0.1) is 0 Å². The Balaban J connectivity index is 1.99. The van der Waals surface area contributed by atoms with Gasteiger partial charge in [0.2, 0.25) is 0 Å². The standard InChI is InChI=1S/C9H16O12S3/c1-2-16-22(10,11)19-6-8-3-9(21-24(14,15)20-8)7-4-17-23(12,13)18-5-7/h7-9H,2-6H2,1H3. The molecule has 0 bridgehead atoms. The molecule has 0 aromatic heterocycles. The summed E-state index contributed by atoms with van der Waals surface area (Å²) >= 11 is 0. The molecule has 0 N–H and O–H groups in total. The van der Waals surface area contributed by atoms with E-state index in [1.807, 2.05) is 0 Å². The molecule has 24 heavy (non-hydrogen) atoms. The van der Waals surface area contributed by atoms with E-state index < -0.39 is 55.9 Å². The lowest BCUT2D eigenvalue weighted by Gasteiger charge is -2.34. The lowest BCUT2D eigenvalue weighted by molar-refractivity contribution is -0.0374. The van der Waals surface area contributed by atoms with Crippen LogP contribution in [-0.2, 0) is 56.3 Å². The number of rotatable bonds is 6. The zero-order chi connectivity index (χ0) is 18.0. The Morgan fingerprint density at radius 2 is 1.62 bits per heavy atom. The first-order chi connectivity index (χ1) is 11.0. The Hall–Kier alpha value is -0.390. The molecule has 12 nitrogen and oxygen atoms in total. The molecule has 0 saturated carbocycles. The zero-order valence-corrected chi connectivity index (χ0v) is 14.8. The maximum absolute atomic E-state index is 11.6. The fourth-order valence-corrected chi connectivity index (χ4v) is 4.50. The highest BCUT2D eigenvalue weighted by molar-refractivity contribution is 7.82. The third-order valence-corrected chi connectivity index (χ3v) is 5.82. The summed E-state index contributed by atoms with van der Waals surface area (Å²) in [4.78, 5) is 0. The molecule has 0 radical (unpaired) electrons. The fraction of sp³-hybridized carbons (Fsp3) is 1.00. The zero-order valence-electron chi connectivity index (χ0n) is 12.4. The van der Waals surface area contributed by atoms with Gasteiger partial charge in [-0.25, -0.2) is 25.1 Å². The van der Waals surface area contributed by atoms with Crippen molar-refractivity contribution in [1.82, 2.24) is 0 Å². The highest BCUT2D eigenvalue weighted by Crippen LogP contribution is 2.28. The molecule has 2 rings (SSSR count). The van der Waals surface area contributed by atoms with Crippen molar-refractivity contribution in [3.05, 3.63) is 0 Å². The van der Waals surface area contributed by atoms with Gasteiger partial charge in [-0.05, 0) is 6.92 Å². The van der Waals surface area contributed by atoms with Crippen LogP contribution in [0.1, 0.15) is 13.3 Å². The van der Waals surface area contributed by atoms with Crippen LogP contribution >= 0.6 is 0 Å². The Labute approximate surface area is 139 Å². The summed E-state index contributed by atoms with van der Waals surface area (Å²) in [6.45, 7) is -0.0125. The van der Waals surface area contributed by atoms with Crippen molar-refractivity contribution in [3.63, 3.8) is 0 Å². The van der Waals surface area contributed by atoms with E-state index in [1.165, 1.54) is 6.92 Å². The SMILES string of the molecule is CCOS(=O)(=O)OCC1CC(C2COS(=O)(=O)OC2)OS(=O)(=O)O1. The molecule has 2 saturated heterocycles. The number of hydrogen-bond acceptors (Lipinski definition) is 12. The molecule has 2 fully saturated rings. The molecule has 2 aliphatic rings. The van der Waals surface area contributed by atoms with Crippen molar-refractivity contribution in [2.75, 3.05) is 26.4 Å². The van der Waals surface area contributed by atoms with Gasteiger partial charge in [0.25, 0.3) is 0 Å². The summed E-state index contributed by atoms with van der Waals surface area (Å²) in [5.74, 6) is -0.710. The first-order valence-electron chi connectivity index (χ1n) is 6.71. The first kappa shape index (κ1) is 19.9. The van der Waals surface area contributed by atoms with Gasteiger partial charge in [0.1, 0.15) is 6.10 Å². The Kier molecular flexibility index (Phi) is 6.20. The summed E-state index contributed by atoms with van der Waals surface area (Å²) in [5.41, 5.74) is 0. The predicted octanol–water partition coefficient (Wildman–Crippen LogP) is -1.39. The van der Waals surface area contributed by atoms with E-state index in [9.17, 15) is 25.3 Å². The van der Waals surface area contributed by atoms with Crippen LogP contribution in [0.25, 0.3) is 0 Å². The lowest BCUT2D eigenvalue weighted by atomic mass is 9.99. The van der Waals surface area contributed by atoms with Crippen LogP contribution in [0.3, 0.4) is 0 Å². The van der Waals surface area contributed by atoms with Gasteiger partial charge in [0, 0.05) is 12.3 Å². The molecule has 2 atom stereocenters. The minimum absolute atomic E-state index is 0.0850. The summed E-state index contributed by atoms with van der Waals surface area (Å²) in [6.07, 6.45) is -2.27. The van der Waals surface area contributed by atoms with Crippen molar-refractivity contribution in [3.8, 4) is 0 Å². The Bertz CT molecular complexity index is 725. The third-order valence-electron chi connectivity index (χ3n) is 3.03. The van der Waals surface area contributed by atoms with Crippen LogP contribution in [0.4, 0.5) is 0 Å². The normalized spacial score (nSPS) is 30.9. The first-order valence-corrected chi connectivity index (χ1v) is 10.7. The monoisotopic (exact) mass is 412 g/mol. The third kappa shape index (κ3) is 5.85. The second kappa shape index (κ2) is 7.46. The van der Waals surface area contributed by atoms with Crippen LogP contribution in [0.2, 0.25) is 0 Å². The fourth-order valence-electron chi connectivity index (χ4n) is 2.02. The molecular weight excluding hydrogens is 396 g/mol. The van der Waals surface area contributed by atoms with Gasteiger partial charge in [0.15, 0.2) is 0 Å². The van der Waals surface area contributed by atoms with Gasteiger partial charge >= 0.3 is 31.2 Å². The molecule has 2 heterocycles. The van der Waals surface area contributed by atoms with E-state index in [2.05, 4.69) is 20.9 Å². The molecule has 0 aliphatic carbocycles. The molecule has 2 aliphatic heterocycles. The van der Waals surface area contributed by atoms with Crippen molar-refractivity contribution in [2.24, 2.45) is 5.92 Å². The molecule has 0 aromatic rings. The van der Waals surface area contributed by atoms with Crippen LogP contribution in [0.15, 0.2) is 0 Å². The maximum atomic E-state index is 11.6. The molecule has 15 heteroatoms. The van der Waals surface area contributed by atoms with Gasteiger partial charge in [-0.1, -0.05) is 0 Å². The van der Waals surface area contributed by atoms with E-state index in [4.69, 9.17) is 4.18 Å². The largest absolute Gasteiger partial charge is 0.400 e. The smallest absolute Gasteiger partial charge is 0.248 e. The summed E-state index contributed by atoms with van der Waals surface area (Å²) < 4.78 is 95.0. The molecule has 0 aromatic carbocycles. The second-order valence-corrected chi connectivity index (χ2v) is 8.61. The van der Waals surface area contributed by atoms with Gasteiger partial charge in [0.05, 0.1) is 32.5 Å². The average Bonchev–Trinajstić information content (AvgIpc) is 2.43. The van der Waals surface area contributed by atoms with Crippen molar-refractivity contribution >= 4 is 31.2 Å². The lowest BCUT2D eigenvalue weighted by Crippen LogP contribution is -2.45. The van der Waals surface area contributed by atoms with Crippen molar-refractivity contribution < 1.29 is 50.4 Å². The Morgan fingerprint density at radius 3 is 2.21 bits per heavy atom. The topological polar surface area (TPSA) is 158 Å². The minimum Gasteiger partial charge on any atom is -0.248 e. The van der Waals surface area contributed by atoms with Gasteiger partial charge in [-0.2, -0.15) is 25.3 Å². The van der Waals surface area contributed by atoms with E-state index in [1.54, 1.807) is 0 Å². The molecule has 142 valence electrons. The van der Waals surface area contributed by atoms with E-state index in [-0.39, 0.29) is 26.2 Å². The Morgan fingerprint density at radius 1 is 1.00 bits per heavy atom. The predicted molar refractivity (Wildman–Crippen MR) is 74.1 cm³/mol.